The van der Waals surface area contributed by atoms with Crippen LogP contribution < -0.4 is 5.32 Å². The minimum absolute atomic E-state index is 0.157. The Kier molecular flexibility index (Phi) is 6.23. The van der Waals surface area contributed by atoms with Gasteiger partial charge < -0.3 is 15.2 Å². The Hall–Kier alpha value is -2.05. The van der Waals surface area contributed by atoms with Crippen LogP contribution in [-0.2, 0) is 29.2 Å². The van der Waals surface area contributed by atoms with Gasteiger partial charge in [-0.2, -0.15) is 13.2 Å². The van der Waals surface area contributed by atoms with E-state index < -0.39 is 12.1 Å². The lowest BCUT2D eigenvalue weighted by molar-refractivity contribution is -0.192. The number of carboxylic acid groups (broad SMARTS) is 1. The molecule has 24 heavy (non-hydrogen) atoms. The number of hydrogen-bond donors (Lipinski definition) is 2. The van der Waals surface area contributed by atoms with E-state index in [4.69, 9.17) is 14.6 Å². The summed E-state index contributed by atoms with van der Waals surface area (Å²) in [4.78, 5) is 13.1. The first-order chi connectivity index (χ1) is 11.4. The predicted octanol–water partition coefficient (Wildman–Crippen LogP) is 1.06. The molecular formula is C12H14F3N5O3S. The van der Waals surface area contributed by atoms with E-state index in [1.807, 2.05) is 16.3 Å². The number of halogens is 3. The Morgan fingerprint density at radius 1 is 1.54 bits per heavy atom. The maximum absolute atomic E-state index is 10.6. The number of ether oxygens (including phenoxy) is 1. The van der Waals surface area contributed by atoms with Gasteiger partial charge in [-0.05, 0) is 0 Å². The summed E-state index contributed by atoms with van der Waals surface area (Å²) in [5, 5.41) is 21.4. The lowest BCUT2D eigenvalue weighted by Crippen LogP contribution is -2.36. The van der Waals surface area contributed by atoms with E-state index in [1.54, 1.807) is 17.5 Å². The van der Waals surface area contributed by atoms with Gasteiger partial charge in [-0.1, -0.05) is 5.21 Å². The van der Waals surface area contributed by atoms with E-state index in [0.717, 1.165) is 30.3 Å². The van der Waals surface area contributed by atoms with Crippen LogP contribution in [0.15, 0.2) is 17.8 Å². The zero-order valence-corrected chi connectivity index (χ0v) is 13.0. The fourth-order valence-electron chi connectivity index (χ4n) is 1.80. The van der Waals surface area contributed by atoms with Crippen molar-refractivity contribution in [1.29, 1.82) is 0 Å². The summed E-state index contributed by atoms with van der Waals surface area (Å²) in [5.74, 6) is -2.76. The maximum atomic E-state index is 10.6. The molecule has 3 heterocycles. The van der Waals surface area contributed by atoms with E-state index in [1.165, 1.54) is 0 Å². The summed E-state index contributed by atoms with van der Waals surface area (Å²) in [5.41, 5.74) is 1.04. The zero-order valence-electron chi connectivity index (χ0n) is 12.2. The van der Waals surface area contributed by atoms with Crippen molar-refractivity contribution in [2.75, 3.05) is 6.54 Å². The van der Waals surface area contributed by atoms with Crippen LogP contribution in [0.3, 0.4) is 0 Å². The number of hydrogen-bond acceptors (Lipinski definition) is 7. The predicted molar refractivity (Wildman–Crippen MR) is 76.1 cm³/mol. The highest BCUT2D eigenvalue weighted by Gasteiger charge is 2.38. The fraction of sp³-hybridized carbons (Fsp3) is 0.500. The largest absolute Gasteiger partial charge is 0.490 e. The van der Waals surface area contributed by atoms with Gasteiger partial charge in [0.05, 0.1) is 31.1 Å². The Morgan fingerprint density at radius 2 is 2.29 bits per heavy atom. The topological polar surface area (TPSA) is 102 Å². The molecule has 2 aromatic heterocycles. The molecule has 0 saturated carbocycles. The molecule has 132 valence electrons. The summed E-state index contributed by atoms with van der Waals surface area (Å²) >= 11 is 1.66. The first-order valence-electron chi connectivity index (χ1n) is 6.74. The number of thiazole rings is 1. The highest BCUT2D eigenvalue weighted by atomic mass is 32.1. The molecule has 2 N–H and O–H groups in total. The second-order valence-corrected chi connectivity index (χ2v) is 5.68. The SMILES string of the molecule is O=C(O)C(F)(F)F.c1csc(CNCC2Cn3nncc3CO2)n1. The number of rotatable bonds is 4. The van der Waals surface area contributed by atoms with E-state index in [-0.39, 0.29) is 6.10 Å². The molecule has 1 atom stereocenters. The van der Waals surface area contributed by atoms with Crippen molar-refractivity contribution in [1.82, 2.24) is 25.3 Å². The Labute approximate surface area is 138 Å². The van der Waals surface area contributed by atoms with Gasteiger partial charge >= 0.3 is 12.1 Å². The third-order valence-electron chi connectivity index (χ3n) is 2.92. The number of carbonyl (C=O) groups is 1. The van der Waals surface area contributed by atoms with Crippen molar-refractivity contribution in [2.45, 2.75) is 32.0 Å². The average molecular weight is 365 g/mol. The van der Waals surface area contributed by atoms with Gasteiger partial charge in [-0.25, -0.2) is 14.5 Å². The third-order valence-corrected chi connectivity index (χ3v) is 3.70. The Bertz CT molecular complexity index is 647. The van der Waals surface area contributed by atoms with E-state index in [9.17, 15) is 13.2 Å². The van der Waals surface area contributed by atoms with Crippen LogP contribution >= 0.6 is 11.3 Å². The highest BCUT2D eigenvalue weighted by molar-refractivity contribution is 7.09. The number of nitrogens with one attached hydrogen (secondary N) is 1. The molecule has 0 aliphatic carbocycles. The molecule has 0 radical (unpaired) electrons. The van der Waals surface area contributed by atoms with Crippen molar-refractivity contribution in [3.63, 3.8) is 0 Å². The Morgan fingerprint density at radius 3 is 2.92 bits per heavy atom. The summed E-state index contributed by atoms with van der Waals surface area (Å²) in [6.45, 7) is 2.96. The number of aliphatic carboxylic acids is 1. The fourth-order valence-corrected chi connectivity index (χ4v) is 2.38. The van der Waals surface area contributed by atoms with Crippen LogP contribution in [-0.4, -0.2) is 49.9 Å². The van der Waals surface area contributed by atoms with Gasteiger partial charge in [0.1, 0.15) is 5.01 Å². The molecule has 1 aliphatic rings. The molecule has 2 aromatic rings. The average Bonchev–Trinajstić information content (AvgIpc) is 3.17. The van der Waals surface area contributed by atoms with Gasteiger partial charge in [0.15, 0.2) is 0 Å². The van der Waals surface area contributed by atoms with Crippen LogP contribution in [0.5, 0.6) is 0 Å². The molecule has 8 nitrogen and oxygen atoms in total. The van der Waals surface area contributed by atoms with Crippen molar-refractivity contribution in [3.8, 4) is 0 Å². The minimum atomic E-state index is -5.08. The number of nitrogens with zero attached hydrogens (tertiary/aromatic N) is 4. The summed E-state index contributed by atoms with van der Waals surface area (Å²) in [6.07, 6.45) is -1.36. The lowest BCUT2D eigenvalue weighted by atomic mass is 10.3. The quantitative estimate of drug-likeness (QED) is 0.835. The second-order valence-electron chi connectivity index (χ2n) is 4.70. The number of aromatic nitrogens is 4. The van der Waals surface area contributed by atoms with Crippen LogP contribution in [0.1, 0.15) is 10.7 Å². The number of carboxylic acids is 1. The summed E-state index contributed by atoms with van der Waals surface area (Å²) < 4.78 is 39.3. The monoisotopic (exact) mass is 365 g/mol. The lowest BCUT2D eigenvalue weighted by Gasteiger charge is -2.23. The van der Waals surface area contributed by atoms with Crippen LogP contribution in [0.25, 0.3) is 0 Å². The second kappa shape index (κ2) is 8.17. The normalized spacial score (nSPS) is 16.9. The van der Waals surface area contributed by atoms with Crippen molar-refractivity contribution < 1.29 is 27.8 Å². The first kappa shape index (κ1) is 18.3. The molecule has 0 aromatic carbocycles. The molecule has 1 unspecified atom stereocenters. The molecular weight excluding hydrogens is 351 g/mol. The molecule has 12 heteroatoms. The molecule has 0 amide bonds. The van der Waals surface area contributed by atoms with Crippen LogP contribution in [0.4, 0.5) is 13.2 Å². The van der Waals surface area contributed by atoms with Crippen LogP contribution in [0.2, 0.25) is 0 Å². The smallest absolute Gasteiger partial charge is 0.475 e. The van der Waals surface area contributed by atoms with E-state index >= 15 is 0 Å². The van der Waals surface area contributed by atoms with Crippen molar-refractivity contribution in [3.05, 3.63) is 28.5 Å². The van der Waals surface area contributed by atoms with Crippen molar-refractivity contribution in [2.24, 2.45) is 0 Å². The van der Waals surface area contributed by atoms with E-state index in [2.05, 4.69) is 20.6 Å². The van der Waals surface area contributed by atoms with Gasteiger partial charge in [-0.3, -0.25) is 0 Å². The van der Waals surface area contributed by atoms with Gasteiger partial charge in [0, 0.05) is 24.7 Å². The molecule has 1 aliphatic heterocycles. The minimum Gasteiger partial charge on any atom is -0.475 e. The maximum Gasteiger partial charge on any atom is 0.490 e. The number of fused-ring (bicyclic) bond motifs is 1. The standard InChI is InChI=1S/C10H13N5OS.C2HF3O2/c1-2-17-10(12-1)5-11-4-9-6-15-8(7-16-9)3-13-14-15;3-2(4,5)1(6)7/h1-3,9,11H,4-7H2;(H,6,7). The van der Waals surface area contributed by atoms with Gasteiger partial charge in [0.25, 0.3) is 0 Å². The van der Waals surface area contributed by atoms with E-state index in [0.29, 0.717) is 6.61 Å². The molecule has 0 bridgehead atoms. The first-order valence-corrected chi connectivity index (χ1v) is 7.62. The summed E-state index contributed by atoms with van der Waals surface area (Å²) in [7, 11) is 0. The van der Waals surface area contributed by atoms with Gasteiger partial charge in [0.2, 0.25) is 0 Å². The summed E-state index contributed by atoms with van der Waals surface area (Å²) in [6, 6.07) is 0. The molecule has 3 rings (SSSR count). The highest BCUT2D eigenvalue weighted by Crippen LogP contribution is 2.13. The number of alkyl halides is 3. The van der Waals surface area contributed by atoms with Gasteiger partial charge in [-0.15, -0.1) is 16.4 Å². The molecule has 0 spiro atoms. The van der Waals surface area contributed by atoms with Crippen molar-refractivity contribution >= 4 is 17.3 Å². The molecule has 0 fully saturated rings. The van der Waals surface area contributed by atoms with Crippen LogP contribution in [0, 0.1) is 0 Å². The zero-order chi connectivity index (χ0) is 17.6. The third kappa shape index (κ3) is 5.54. The Balaban J connectivity index is 0.000000256. The molecule has 0 saturated heterocycles.